The lowest BCUT2D eigenvalue weighted by atomic mass is 10.3. The summed E-state index contributed by atoms with van der Waals surface area (Å²) in [5, 5.41) is 0. The van der Waals surface area contributed by atoms with E-state index in [9.17, 15) is 4.79 Å². The molecule has 44 valence electrons. The topological polar surface area (TPSA) is 17.1 Å². The second kappa shape index (κ2) is 4.73. The molecule has 0 saturated carbocycles. The molecule has 0 unspecified atom stereocenters. The Labute approximate surface area is 51.2 Å². The highest BCUT2D eigenvalue weighted by Crippen LogP contribution is 1.86. The first-order valence-corrected chi connectivity index (χ1v) is 3.76. The van der Waals surface area contributed by atoms with Crippen LogP contribution in [0.1, 0.15) is 6.92 Å². The zero-order valence-electron chi connectivity index (χ0n) is 5.09. The number of hydrogen-bond donors (Lipinski definition) is 0. The van der Waals surface area contributed by atoms with Crippen molar-refractivity contribution in [1.82, 2.24) is 0 Å². The molecule has 0 fully saturated rings. The summed E-state index contributed by atoms with van der Waals surface area (Å²) in [6.45, 7) is 3.79. The van der Waals surface area contributed by atoms with Gasteiger partial charge in [0.2, 0.25) is 0 Å². The zero-order valence-corrected chi connectivity index (χ0v) is 5.98. The molecule has 0 aromatic rings. The highest BCUT2D eigenvalue weighted by atomic mass is 31.1. The first-order chi connectivity index (χ1) is 3.81. The van der Waals surface area contributed by atoms with Crippen LogP contribution in [0, 0.1) is 0 Å². The Morgan fingerprint density at radius 3 is 2.62 bits per heavy atom. The van der Waals surface area contributed by atoms with Crippen molar-refractivity contribution in [2.24, 2.45) is 0 Å². The van der Waals surface area contributed by atoms with Gasteiger partial charge in [0.05, 0.1) is 0 Å². The Morgan fingerprint density at radius 1 is 1.62 bits per heavy atom. The van der Waals surface area contributed by atoms with Crippen LogP contribution in [0.5, 0.6) is 0 Å². The van der Waals surface area contributed by atoms with Crippen LogP contribution in [-0.4, -0.2) is 18.7 Å². The van der Waals surface area contributed by atoms with E-state index < -0.39 is 0 Å². The first-order valence-electron chi connectivity index (χ1n) is 2.35. The van der Waals surface area contributed by atoms with Gasteiger partial charge in [-0.15, -0.1) is 8.20 Å². The summed E-state index contributed by atoms with van der Waals surface area (Å²) in [5.41, 5.74) is 0.777. The largest absolute Gasteiger partial charge is 0.298 e. The number of allylic oxidation sites excluding steroid dienone is 2. The lowest BCUT2D eigenvalue weighted by Gasteiger charge is -1.77. The maximum absolute atomic E-state index is 9.92. The van der Waals surface area contributed by atoms with Gasteiger partial charge in [0, 0.05) is 0 Å². The van der Waals surface area contributed by atoms with Gasteiger partial charge in [-0.3, -0.25) is 4.79 Å². The predicted molar refractivity (Wildman–Crippen MR) is 38.7 cm³/mol. The molecule has 2 heteroatoms. The zero-order chi connectivity index (χ0) is 6.41. The Balaban J connectivity index is 3.74. The van der Waals surface area contributed by atoms with Gasteiger partial charge in [0.25, 0.3) is 0 Å². The lowest BCUT2D eigenvalue weighted by molar-refractivity contribution is -0.104. The molecule has 0 aromatic heterocycles. The number of aldehydes is 1. The smallest absolute Gasteiger partial charge is 0.145 e. The molecule has 0 heterocycles. The van der Waals surface area contributed by atoms with Gasteiger partial charge < -0.3 is 0 Å². The molecule has 0 amide bonds. The van der Waals surface area contributed by atoms with E-state index in [1.165, 1.54) is 8.20 Å². The van der Waals surface area contributed by atoms with E-state index in [0.29, 0.717) is 0 Å². The van der Waals surface area contributed by atoms with Gasteiger partial charge in [-0.05, 0) is 25.0 Å². The fourth-order valence-electron chi connectivity index (χ4n) is 0.231. The second-order valence-electron chi connectivity index (χ2n) is 1.44. The van der Waals surface area contributed by atoms with E-state index in [-0.39, 0.29) is 0 Å². The Bertz CT molecular complexity index is 124. The molecule has 0 atom stereocenters. The van der Waals surface area contributed by atoms with E-state index in [4.69, 9.17) is 0 Å². The molecule has 0 saturated heterocycles. The minimum Gasteiger partial charge on any atom is -0.298 e. The third-order valence-electron chi connectivity index (χ3n) is 0.672. The predicted octanol–water partition coefficient (Wildman–Crippen LogP) is 1.51. The molecule has 0 aliphatic carbocycles. The van der Waals surface area contributed by atoms with E-state index in [1.807, 2.05) is 18.5 Å². The van der Waals surface area contributed by atoms with E-state index >= 15 is 0 Å². The molecule has 0 bridgehead atoms. The van der Waals surface area contributed by atoms with Gasteiger partial charge in [0.15, 0.2) is 0 Å². The van der Waals surface area contributed by atoms with Gasteiger partial charge in [-0.1, -0.05) is 6.08 Å². The molecule has 0 aliphatic rings. The van der Waals surface area contributed by atoms with Crippen molar-refractivity contribution in [3.63, 3.8) is 0 Å². The van der Waals surface area contributed by atoms with Crippen molar-refractivity contribution < 1.29 is 4.79 Å². The third-order valence-corrected chi connectivity index (χ3v) is 1.12. The van der Waals surface area contributed by atoms with Crippen molar-refractivity contribution in [2.45, 2.75) is 6.92 Å². The van der Waals surface area contributed by atoms with E-state index in [1.54, 1.807) is 6.92 Å². The molecule has 0 aromatic carbocycles. The summed E-state index contributed by atoms with van der Waals surface area (Å²) in [5.74, 6) is 1.93. The molecule has 0 aliphatic heterocycles. The van der Waals surface area contributed by atoms with E-state index in [0.717, 1.165) is 11.9 Å². The second-order valence-corrected chi connectivity index (χ2v) is 2.25. The van der Waals surface area contributed by atoms with Crippen molar-refractivity contribution in [3.05, 3.63) is 11.6 Å². The van der Waals surface area contributed by atoms with Crippen LogP contribution in [0.25, 0.3) is 0 Å². The van der Waals surface area contributed by atoms with Crippen molar-refractivity contribution in [2.75, 3.05) is 6.66 Å². The summed E-state index contributed by atoms with van der Waals surface area (Å²) < 4.78 is 0. The summed E-state index contributed by atoms with van der Waals surface area (Å²) in [6.07, 6.45) is 2.66. The van der Waals surface area contributed by atoms with Crippen molar-refractivity contribution in [1.29, 1.82) is 0 Å². The van der Waals surface area contributed by atoms with Crippen LogP contribution >= 0.6 is 8.20 Å². The highest BCUT2D eigenvalue weighted by Gasteiger charge is 1.75. The average Bonchev–Trinajstić information content (AvgIpc) is 1.83. The highest BCUT2D eigenvalue weighted by molar-refractivity contribution is 7.38. The first kappa shape index (κ1) is 7.58. The Morgan fingerprint density at radius 2 is 2.25 bits per heavy atom. The van der Waals surface area contributed by atoms with Crippen LogP contribution in [-0.2, 0) is 4.79 Å². The maximum atomic E-state index is 9.92. The molecular formula is C6H9OP. The average molecular weight is 128 g/mol. The van der Waals surface area contributed by atoms with Gasteiger partial charge in [-0.2, -0.15) is 0 Å². The van der Waals surface area contributed by atoms with Crippen molar-refractivity contribution >= 4 is 20.3 Å². The van der Waals surface area contributed by atoms with Crippen LogP contribution in [0.2, 0.25) is 0 Å². The molecule has 0 rings (SSSR count). The SMILES string of the molecule is CP=CC=C(C)C=O. The summed E-state index contributed by atoms with van der Waals surface area (Å²) >= 11 is 0. The molecule has 1 nitrogen and oxygen atoms in total. The van der Waals surface area contributed by atoms with Gasteiger partial charge in [-0.25, -0.2) is 0 Å². The fraction of sp³-hybridized carbons (Fsp3) is 0.333. The molecule has 0 radical (unpaired) electrons. The lowest BCUT2D eigenvalue weighted by Crippen LogP contribution is -1.73. The minimum atomic E-state index is 0.777. The monoisotopic (exact) mass is 128 g/mol. The minimum absolute atomic E-state index is 0.777. The molecule has 0 spiro atoms. The van der Waals surface area contributed by atoms with Crippen LogP contribution in [0.15, 0.2) is 11.6 Å². The number of hydrogen-bond acceptors (Lipinski definition) is 1. The summed E-state index contributed by atoms with van der Waals surface area (Å²) in [6, 6.07) is 0. The summed E-state index contributed by atoms with van der Waals surface area (Å²) in [7, 11) is 1.19. The Hall–Kier alpha value is -0.420. The maximum Gasteiger partial charge on any atom is 0.145 e. The van der Waals surface area contributed by atoms with Gasteiger partial charge >= 0.3 is 0 Å². The molecule has 0 N–H and O–H groups in total. The van der Waals surface area contributed by atoms with Gasteiger partial charge in [0.1, 0.15) is 6.29 Å². The quantitative estimate of drug-likeness (QED) is 0.313. The normalized spacial score (nSPS) is 12.5. The molecule has 8 heavy (non-hydrogen) atoms. The standard InChI is InChI=1S/C6H9OP/c1-6(5-7)3-4-8-2/h3-5H,1-2H3. The fourth-order valence-corrected chi connectivity index (χ4v) is 0.616. The van der Waals surface area contributed by atoms with E-state index in [2.05, 4.69) is 0 Å². The number of carbonyl (C=O) groups is 1. The summed E-state index contributed by atoms with van der Waals surface area (Å²) in [4.78, 5) is 9.92. The molecular weight excluding hydrogens is 119 g/mol. The number of carbonyl (C=O) groups excluding carboxylic acids is 1. The van der Waals surface area contributed by atoms with Crippen LogP contribution < -0.4 is 0 Å². The Kier molecular flexibility index (Phi) is 4.48. The third kappa shape index (κ3) is 3.76. The van der Waals surface area contributed by atoms with Crippen molar-refractivity contribution in [3.8, 4) is 0 Å². The van der Waals surface area contributed by atoms with Crippen LogP contribution in [0.3, 0.4) is 0 Å². The number of rotatable bonds is 2. The van der Waals surface area contributed by atoms with Crippen LogP contribution in [0.4, 0.5) is 0 Å².